The molecule has 0 aromatic rings. The van der Waals surface area contributed by atoms with Crippen LogP contribution in [0.1, 0.15) is 46.0 Å². The van der Waals surface area contributed by atoms with Crippen molar-refractivity contribution in [2.45, 2.75) is 46.0 Å². The third-order valence-electron chi connectivity index (χ3n) is 2.06. The maximum absolute atomic E-state index is 7.00. The van der Waals surface area contributed by atoms with Crippen molar-refractivity contribution in [2.75, 3.05) is 13.7 Å². The molecule has 2 heteroatoms. The van der Waals surface area contributed by atoms with Gasteiger partial charge in [-0.1, -0.05) is 33.1 Å². The normalized spacial score (nSPS) is 16.8. The van der Waals surface area contributed by atoms with Crippen LogP contribution in [0.5, 0.6) is 0 Å². The van der Waals surface area contributed by atoms with Gasteiger partial charge in [-0.25, -0.2) is 0 Å². The van der Waals surface area contributed by atoms with Crippen molar-refractivity contribution < 1.29 is 5.11 Å². The summed E-state index contributed by atoms with van der Waals surface area (Å²) in [6, 6.07) is 0. The molecule has 0 aliphatic heterocycles. The Morgan fingerprint density at radius 2 is 1.50 bits per heavy atom. The first kappa shape index (κ1) is 14.4. The molecule has 1 fully saturated rings. The van der Waals surface area contributed by atoms with Gasteiger partial charge in [0.15, 0.2) is 0 Å². The minimum Gasteiger partial charge on any atom is -0.400 e. The molecule has 76 valence electrons. The van der Waals surface area contributed by atoms with Gasteiger partial charge in [0.2, 0.25) is 0 Å². The van der Waals surface area contributed by atoms with Gasteiger partial charge >= 0.3 is 0 Å². The van der Waals surface area contributed by atoms with Crippen LogP contribution in [0.15, 0.2) is 0 Å². The van der Waals surface area contributed by atoms with E-state index >= 15 is 0 Å². The Morgan fingerprint density at radius 1 is 1.08 bits per heavy atom. The van der Waals surface area contributed by atoms with Crippen LogP contribution in [-0.2, 0) is 0 Å². The van der Waals surface area contributed by atoms with Crippen molar-refractivity contribution in [3.8, 4) is 0 Å². The van der Waals surface area contributed by atoms with Crippen LogP contribution in [0.25, 0.3) is 0 Å². The minimum absolute atomic E-state index is 0.865. The Bertz CT molecular complexity index is 60.9. The first-order valence-electron chi connectivity index (χ1n) is 5.08. The predicted molar refractivity (Wildman–Crippen MR) is 55.1 cm³/mol. The molecule has 1 aliphatic carbocycles. The van der Waals surface area contributed by atoms with Crippen molar-refractivity contribution in [1.29, 1.82) is 0 Å². The zero-order valence-corrected chi connectivity index (χ0v) is 8.84. The molecule has 0 bridgehead atoms. The van der Waals surface area contributed by atoms with E-state index in [2.05, 4.69) is 0 Å². The maximum Gasteiger partial charge on any atom is 0.0319 e. The van der Waals surface area contributed by atoms with Gasteiger partial charge in [-0.3, -0.25) is 0 Å². The lowest BCUT2D eigenvalue weighted by atomic mass is 9.90. The topological polar surface area (TPSA) is 46.2 Å². The quantitative estimate of drug-likeness (QED) is 0.641. The molecule has 0 aromatic heterocycles. The van der Waals surface area contributed by atoms with Gasteiger partial charge in [0.05, 0.1) is 0 Å². The van der Waals surface area contributed by atoms with Crippen molar-refractivity contribution in [3.63, 3.8) is 0 Å². The highest BCUT2D eigenvalue weighted by Crippen LogP contribution is 2.21. The largest absolute Gasteiger partial charge is 0.400 e. The van der Waals surface area contributed by atoms with E-state index in [1.54, 1.807) is 0 Å². The maximum atomic E-state index is 7.00. The van der Waals surface area contributed by atoms with Gasteiger partial charge in [0, 0.05) is 7.11 Å². The van der Waals surface area contributed by atoms with E-state index in [4.69, 9.17) is 10.8 Å². The molecule has 3 N–H and O–H groups in total. The van der Waals surface area contributed by atoms with Gasteiger partial charge in [-0.05, 0) is 25.3 Å². The molecule has 0 unspecified atom stereocenters. The second-order valence-corrected chi connectivity index (χ2v) is 2.74. The van der Waals surface area contributed by atoms with Crippen LogP contribution in [0.3, 0.4) is 0 Å². The van der Waals surface area contributed by atoms with Gasteiger partial charge in [-0.2, -0.15) is 0 Å². The van der Waals surface area contributed by atoms with Crippen LogP contribution in [0, 0.1) is 5.92 Å². The average Bonchev–Trinajstić information content (AvgIpc) is 2.25. The van der Waals surface area contributed by atoms with Crippen LogP contribution < -0.4 is 5.73 Å². The number of hydrogen-bond acceptors (Lipinski definition) is 2. The molecule has 0 spiro atoms. The molecule has 0 amide bonds. The molecule has 1 aliphatic rings. The summed E-state index contributed by atoms with van der Waals surface area (Å²) < 4.78 is 0. The summed E-state index contributed by atoms with van der Waals surface area (Å²) in [5.74, 6) is 0.865. The van der Waals surface area contributed by atoms with Gasteiger partial charge in [0.1, 0.15) is 0 Å². The van der Waals surface area contributed by atoms with Crippen molar-refractivity contribution >= 4 is 0 Å². The first-order valence-corrected chi connectivity index (χ1v) is 5.08. The number of aliphatic hydroxyl groups excluding tert-OH is 1. The first-order chi connectivity index (χ1) is 5.93. The monoisotopic (exact) mass is 175 g/mol. The van der Waals surface area contributed by atoms with Crippen LogP contribution in [-0.4, -0.2) is 18.8 Å². The van der Waals surface area contributed by atoms with E-state index in [1.807, 2.05) is 13.8 Å². The number of rotatable bonds is 1. The zero-order valence-electron chi connectivity index (χ0n) is 8.84. The van der Waals surface area contributed by atoms with Crippen molar-refractivity contribution in [1.82, 2.24) is 0 Å². The lowest BCUT2D eigenvalue weighted by Gasteiger charge is -2.18. The Balaban J connectivity index is 0. The summed E-state index contributed by atoms with van der Waals surface area (Å²) in [6.07, 6.45) is 7.05. The van der Waals surface area contributed by atoms with Crippen LogP contribution in [0.2, 0.25) is 0 Å². The minimum atomic E-state index is 0.865. The molecule has 0 aromatic carbocycles. The van der Waals surface area contributed by atoms with E-state index in [1.165, 1.54) is 32.1 Å². The van der Waals surface area contributed by atoms with Gasteiger partial charge in [0.25, 0.3) is 0 Å². The summed E-state index contributed by atoms with van der Waals surface area (Å²) >= 11 is 0. The average molecular weight is 175 g/mol. The van der Waals surface area contributed by atoms with E-state index in [0.29, 0.717) is 0 Å². The second kappa shape index (κ2) is 13.5. The lowest BCUT2D eigenvalue weighted by molar-refractivity contribution is 0.366. The summed E-state index contributed by atoms with van der Waals surface area (Å²) in [7, 11) is 1.00. The third kappa shape index (κ3) is 8.02. The third-order valence-corrected chi connectivity index (χ3v) is 2.06. The SMILES string of the molecule is CC.CO.NCC1CCCCC1. The molecule has 12 heavy (non-hydrogen) atoms. The predicted octanol–water partition coefficient (Wildman–Crippen LogP) is 2.16. The second-order valence-electron chi connectivity index (χ2n) is 2.74. The highest BCUT2D eigenvalue weighted by Gasteiger charge is 2.09. The van der Waals surface area contributed by atoms with E-state index in [0.717, 1.165) is 19.6 Å². The smallest absolute Gasteiger partial charge is 0.0319 e. The highest BCUT2D eigenvalue weighted by atomic mass is 16.2. The Labute approximate surface area is 77.2 Å². The molecule has 0 saturated heterocycles. The number of nitrogens with two attached hydrogens (primary N) is 1. The molecule has 0 heterocycles. The molecule has 0 atom stereocenters. The molecule has 2 nitrogen and oxygen atoms in total. The van der Waals surface area contributed by atoms with Crippen molar-refractivity contribution in [3.05, 3.63) is 0 Å². The molecule has 1 saturated carbocycles. The Hall–Kier alpha value is -0.0800. The summed E-state index contributed by atoms with van der Waals surface area (Å²) in [5, 5.41) is 7.00. The molecule has 0 radical (unpaired) electrons. The van der Waals surface area contributed by atoms with Gasteiger partial charge < -0.3 is 10.8 Å². The highest BCUT2D eigenvalue weighted by molar-refractivity contribution is 4.65. The number of aliphatic hydroxyl groups is 1. The fourth-order valence-electron chi connectivity index (χ4n) is 1.42. The fraction of sp³-hybridized carbons (Fsp3) is 1.00. The van der Waals surface area contributed by atoms with Crippen LogP contribution in [0.4, 0.5) is 0 Å². The van der Waals surface area contributed by atoms with Crippen molar-refractivity contribution in [2.24, 2.45) is 11.7 Å². The molecule has 1 rings (SSSR count). The lowest BCUT2D eigenvalue weighted by Crippen LogP contribution is -2.16. The van der Waals surface area contributed by atoms with E-state index < -0.39 is 0 Å². The van der Waals surface area contributed by atoms with E-state index in [9.17, 15) is 0 Å². The molecular weight excluding hydrogens is 150 g/mol. The zero-order chi connectivity index (χ0) is 9.82. The van der Waals surface area contributed by atoms with E-state index in [-0.39, 0.29) is 0 Å². The summed E-state index contributed by atoms with van der Waals surface area (Å²) in [5.41, 5.74) is 5.50. The summed E-state index contributed by atoms with van der Waals surface area (Å²) in [6.45, 7) is 4.92. The standard InChI is InChI=1S/C7H15N.C2H6.CH4O/c8-6-7-4-2-1-3-5-7;2*1-2/h7H,1-6,8H2;1-2H3;2H,1H3. The fourth-order valence-corrected chi connectivity index (χ4v) is 1.42. The number of hydrogen-bond donors (Lipinski definition) is 2. The van der Waals surface area contributed by atoms with Gasteiger partial charge in [-0.15, -0.1) is 0 Å². The van der Waals surface area contributed by atoms with Crippen LogP contribution >= 0.6 is 0 Å². The Morgan fingerprint density at radius 3 is 1.75 bits per heavy atom. The molecular formula is C10H25NO. The Kier molecular flexibility index (Phi) is 16.3. The summed E-state index contributed by atoms with van der Waals surface area (Å²) in [4.78, 5) is 0.